The number of pyridine rings is 1. The minimum absolute atomic E-state index is 0. The first kappa shape index (κ1) is 27.8. The van der Waals surface area contributed by atoms with Gasteiger partial charge in [0.05, 0.1) is 29.8 Å². The first-order valence-corrected chi connectivity index (χ1v) is 12.0. The molecule has 0 saturated carbocycles. The Morgan fingerprint density at radius 3 is 2.49 bits per heavy atom. The number of methoxy groups -OCH3 is 1. The van der Waals surface area contributed by atoms with Gasteiger partial charge in [-0.15, -0.1) is 0 Å². The van der Waals surface area contributed by atoms with Crippen LogP contribution in [0.2, 0.25) is 5.02 Å². The first-order valence-electron chi connectivity index (χ1n) is 11.6. The predicted octanol–water partition coefficient (Wildman–Crippen LogP) is 6.01. The van der Waals surface area contributed by atoms with Gasteiger partial charge < -0.3 is 15.0 Å². The van der Waals surface area contributed by atoms with Gasteiger partial charge in [0.2, 0.25) is 0 Å². The van der Waals surface area contributed by atoms with Gasteiger partial charge in [0, 0.05) is 36.1 Å². The molecule has 2 aromatic carbocycles. The molecule has 0 aliphatic carbocycles. The minimum atomic E-state index is -0.737. The Hall–Kier alpha value is -3.78. The summed E-state index contributed by atoms with van der Waals surface area (Å²) in [5, 5.41) is 11.5. The fourth-order valence-electron chi connectivity index (χ4n) is 4.10. The van der Waals surface area contributed by atoms with Crippen molar-refractivity contribution in [1.82, 2.24) is 9.88 Å². The number of halogens is 2. The number of likely N-dealkylation sites (tertiary alicyclic amines) is 1. The molecule has 0 atom stereocenters. The summed E-state index contributed by atoms with van der Waals surface area (Å²) in [6.45, 7) is 1.53. The quantitative estimate of drug-likeness (QED) is 0.224. The highest BCUT2D eigenvalue weighted by Gasteiger charge is 2.21. The standard InChI is InChI=1S/C27H26ClFN4O3.CH4/c1-36-20-8-10-24(22(15-20)25(34)14-19-7-6-18(28)16-31-19)32-27(35)21-9-5-17(13-23(21)29)26(30)33-11-3-2-4-12-33;/h5-10,13,15-16,30H,2-4,11-12,14H2,1H3,(H,32,35);1H4. The molecule has 0 spiro atoms. The average molecular weight is 525 g/mol. The van der Waals surface area contributed by atoms with E-state index in [1.807, 2.05) is 4.90 Å². The number of hydrogen-bond acceptors (Lipinski definition) is 5. The number of amidine groups is 1. The number of nitrogens with one attached hydrogen (secondary N) is 2. The Bertz CT molecular complexity index is 1290. The topological polar surface area (TPSA) is 95.4 Å². The van der Waals surface area contributed by atoms with Gasteiger partial charge in [0.15, 0.2) is 5.78 Å². The lowest BCUT2D eigenvalue weighted by Crippen LogP contribution is -2.35. The molecule has 1 saturated heterocycles. The SMILES string of the molecule is C.COc1ccc(NC(=O)c2ccc(C(=N)N3CCCCC3)cc2F)c(C(=O)Cc2ccc(Cl)cn2)c1. The highest BCUT2D eigenvalue weighted by molar-refractivity contribution is 6.30. The van der Waals surface area contributed by atoms with Gasteiger partial charge >= 0.3 is 0 Å². The molecule has 3 aromatic rings. The van der Waals surface area contributed by atoms with Gasteiger partial charge in [0.25, 0.3) is 5.91 Å². The van der Waals surface area contributed by atoms with Crippen LogP contribution in [0.25, 0.3) is 0 Å². The number of piperidine rings is 1. The van der Waals surface area contributed by atoms with E-state index in [-0.39, 0.29) is 42.3 Å². The fraction of sp³-hybridized carbons (Fsp3) is 0.286. The number of carbonyl (C=O) groups excluding carboxylic acids is 2. The summed E-state index contributed by atoms with van der Waals surface area (Å²) >= 11 is 5.87. The van der Waals surface area contributed by atoms with Crippen LogP contribution in [-0.4, -0.2) is 47.6 Å². The van der Waals surface area contributed by atoms with E-state index in [2.05, 4.69) is 10.3 Å². The van der Waals surface area contributed by atoms with E-state index in [9.17, 15) is 14.0 Å². The normalized spacial score (nSPS) is 12.9. The maximum atomic E-state index is 14.9. The maximum Gasteiger partial charge on any atom is 0.258 e. The Labute approximate surface area is 221 Å². The highest BCUT2D eigenvalue weighted by Crippen LogP contribution is 2.25. The number of nitrogens with zero attached hydrogens (tertiary/aromatic N) is 2. The van der Waals surface area contributed by atoms with Crippen LogP contribution in [0.3, 0.4) is 0 Å². The molecule has 0 bridgehead atoms. The molecule has 1 amide bonds. The third kappa shape index (κ3) is 6.71. The second-order valence-corrected chi connectivity index (χ2v) is 8.96. The molecule has 2 heterocycles. The van der Waals surface area contributed by atoms with E-state index < -0.39 is 11.7 Å². The fourth-order valence-corrected chi connectivity index (χ4v) is 4.21. The summed E-state index contributed by atoms with van der Waals surface area (Å²) in [6.07, 6.45) is 4.57. The second kappa shape index (κ2) is 12.5. The van der Waals surface area contributed by atoms with Gasteiger partial charge in [-0.1, -0.05) is 25.1 Å². The van der Waals surface area contributed by atoms with Gasteiger partial charge in [-0.05, 0) is 61.7 Å². The largest absolute Gasteiger partial charge is 0.497 e. The molecule has 9 heteroatoms. The smallest absolute Gasteiger partial charge is 0.258 e. The number of rotatable bonds is 7. The van der Waals surface area contributed by atoms with E-state index in [1.165, 1.54) is 37.6 Å². The first-order chi connectivity index (χ1) is 17.4. The number of carbonyl (C=O) groups is 2. The van der Waals surface area contributed by atoms with Crippen molar-refractivity contribution in [3.63, 3.8) is 0 Å². The molecule has 1 aliphatic heterocycles. The number of Topliss-reactive ketones (excluding diaryl/α,β-unsaturated/α-hetero) is 1. The van der Waals surface area contributed by atoms with Crippen LogP contribution in [0.1, 0.15) is 58.7 Å². The summed E-state index contributed by atoms with van der Waals surface area (Å²) in [4.78, 5) is 32.1. The molecule has 194 valence electrons. The number of anilines is 1. The molecule has 7 nitrogen and oxygen atoms in total. The maximum absolute atomic E-state index is 14.9. The summed E-state index contributed by atoms with van der Waals surface area (Å²) in [5.41, 5.74) is 1.19. The zero-order valence-electron chi connectivity index (χ0n) is 19.8. The van der Waals surface area contributed by atoms with Crippen molar-refractivity contribution >= 4 is 34.8 Å². The van der Waals surface area contributed by atoms with Crippen LogP contribution in [0.15, 0.2) is 54.7 Å². The van der Waals surface area contributed by atoms with Gasteiger partial charge in [-0.25, -0.2) is 4.39 Å². The van der Waals surface area contributed by atoms with Crippen molar-refractivity contribution in [2.45, 2.75) is 33.1 Å². The van der Waals surface area contributed by atoms with Crippen LogP contribution < -0.4 is 10.1 Å². The zero-order chi connectivity index (χ0) is 25.7. The van der Waals surface area contributed by atoms with Crippen LogP contribution in [0, 0.1) is 11.2 Å². The van der Waals surface area contributed by atoms with Gasteiger partial charge in [-0.3, -0.25) is 20.0 Å². The Kier molecular flexibility index (Phi) is 9.36. The van der Waals surface area contributed by atoms with E-state index in [0.29, 0.717) is 22.0 Å². The molecule has 0 unspecified atom stereocenters. The van der Waals surface area contributed by atoms with Crippen molar-refractivity contribution in [2.75, 3.05) is 25.5 Å². The molecule has 1 aromatic heterocycles. The zero-order valence-corrected chi connectivity index (χ0v) is 20.6. The van der Waals surface area contributed by atoms with E-state index in [0.717, 1.165) is 32.4 Å². The summed E-state index contributed by atoms with van der Waals surface area (Å²) in [7, 11) is 1.47. The Morgan fingerprint density at radius 2 is 1.84 bits per heavy atom. The Balaban J connectivity index is 0.00000380. The molecular formula is C28H30ClFN4O3. The average Bonchev–Trinajstić information content (AvgIpc) is 2.90. The number of aromatic nitrogens is 1. The number of hydrogen-bond donors (Lipinski definition) is 2. The molecular weight excluding hydrogens is 495 g/mol. The van der Waals surface area contributed by atoms with Crippen molar-refractivity contribution in [1.29, 1.82) is 5.41 Å². The lowest BCUT2D eigenvalue weighted by molar-refractivity contribution is 0.0992. The summed E-state index contributed by atoms with van der Waals surface area (Å²) in [5.74, 6) is -1.05. The third-order valence-electron chi connectivity index (χ3n) is 6.07. The Morgan fingerprint density at radius 1 is 1.08 bits per heavy atom. The predicted molar refractivity (Wildman–Crippen MR) is 144 cm³/mol. The van der Waals surface area contributed by atoms with E-state index in [4.69, 9.17) is 21.7 Å². The van der Waals surface area contributed by atoms with E-state index in [1.54, 1.807) is 24.3 Å². The van der Waals surface area contributed by atoms with Gasteiger partial charge in [-0.2, -0.15) is 0 Å². The summed E-state index contributed by atoms with van der Waals surface area (Å²) in [6, 6.07) is 12.1. The molecule has 2 N–H and O–H groups in total. The lowest BCUT2D eigenvalue weighted by atomic mass is 10.0. The number of amides is 1. The van der Waals surface area contributed by atoms with Crippen LogP contribution >= 0.6 is 11.6 Å². The van der Waals surface area contributed by atoms with Crippen LogP contribution in [0.4, 0.5) is 10.1 Å². The van der Waals surface area contributed by atoms with Crippen molar-refractivity contribution in [3.05, 3.63) is 88.0 Å². The van der Waals surface area contributed by atoms with Crippen molar-refractivity contribution < 1.29 is 18.7 Å². The molecule has 1 aliphatic rings. The monoisotopic (exact) mass is 524 g/mol. The molecule has 4 rings (SSSR count). The molecule has 0 radical (unpaired) electrons. The highest BCUT2D eigenvalue weighted by atomic mass is 35.5. The van der Waals surface area contributed by atoms with Gasteiger partial charge in [0.1, 0.15) is 17.4 Å². The molecule has 37 heavy (non-hydrogen) atoms. The third-order valence-corrected chi connectivity index (χ3v) is 6.29. The lowest BCUT2D eigenvalue weighted by Gasteiger charge is -2.29. The van der Waals surface area contributed by atoms with Crippen LogP contribution in [0.5, 0.6) is 5.75 Å². The number of ketones is 1. The van der Waals surface area contributed by atoms with Crippen molar-refractivity contribution in [2.24, 2.45) is 0 Å². The second-order valence-electron chi connectivity index (χ2n) is 8.52. The van der Waals surface area contributed by atoms with Crippen molar-refractivity contribution in [3.8, 4) is 5.75 Å². The summed E-state index contributed by atoms with van der Waals surface area (Å²) < 4.78 is 20.2. The molecule has 1 fully saturated rings. The number of benzene rings is 2. The van der Waals surface area contributed by atoms with E-state index >= 15 is 0 Å². The minimum Gasteiger partial charge on any atom is -0.497 e. The number of ether oxygens (including phenoxy) is 1. The van der Waals surface area contributed by atoms with Crippen LogP contribution in [-0.2, 0) is 6.42 Å².